The second kappa shape index (κ2) is 5.31. The van der Waals surface area contributed by atoms with Gasteiger partial charge in [0.2, 0.25) is 0 Å². The molecule has 2 fully saturated rings. The van der Waals surface area contributed by atoms with Crippen molar-refractivity contribution in [1.82, 2.24) is 14.7 Å². The maximum absolute atomic E-state index is 5.99. The standard InChI is InChI=1S/C14H23N3O/c1-16-8-7-13(10-16)18-14-9-15-17(11-14)12-5-3-2-4-6-12/h9,11-13H,2-8,10H2,1H3. The van der Waals surface area contributed by atoms with Gasteiger partial charge in [0.25, 0.3) is 0 Å². The number of aromatic nitrogens is 2. The lowest BCUT2D eigenvalue weighted by Gasteiger charge is -2.21. The van der Waals surface area contributed by atoms with Crippen molar-refractivity contribution in [3.63, 3.8) is 0 Å². The van der Waals surface area contributed by atoms with Crippen molar-refractivity contribution in [1.29, 1.82) is 0 Å². The zero-order valence-electron chi connectivity index (χ0n) is 11.2. The van der Waals surface area contributed by atoms with Crippen molar-refractivity contribution in [3.8, 4) is 5.75 Å². The molecule has 18 heavy (non-hydrogen) atoms. The van der Waals surface area contributed by atoms with Gasteiger partial charge in [0.1, 0.15) is 6.10 Å². The molecule has 1 aliphatic heterocycles. The molecule has 0 radical (unpaired) electrons. The van der Waals surface area contributed by atoms with Crippen molar-refractivity contribution in [2.45, 2.75) is 50.7 Å². The summed E-state index contributed by atoms with van der Waals surface area (Å²) in [6.45, 7) is 2.18. The van der Waals surface area contributed by atoms with E-state index in [0.29, 0.717) is 12.1 Å². The lowest BCUT2D eigenvalue weighted by atomic mass is 9.96. The molecular formula is C14H23N3O. The number of rotatable bonds is 3. The molecule has 0 N–H and O–H groups in total. The first-order chi connectivity index (χ1) is 8.81. The van der Waals surface area contributed by atoms with Crippen LogP contribution in [-0.2, 0) is 0 Å². The van der Waals surface area contributed by atoms with Crippen LogP contribution in [0.25, 0.3) is 0 Å². The summed E-state index contributed by atoms with van der Waals surface area (Å²) in [5.41, 5.74) is 0. The molecule has 4 heteroatoms. The van der Waals surface area contributed by atoms with Crippen molar-refractivity contribution >= 4 is 0 Å². The molecule has 1 saturated heterocycles. The number of ether oxygens (including phenoxy) is 1. The van der Waals surface area contributed by atoms with Gasteiger partial charge in [0.05, 0.1) is 18.4 Å². The molecule has 100 valence electrons. The Hall–Kier alpha value is -1.03. The smallest absolute Gasteiger partial charge is 0.157 e. The van der Waals surface area contributed by atoms with Crippen molar-refractivity contribution in [2.75, 3.05) is 20.1 Å². The van der Waals surface area contributed by atoms with E-state index in [1.165, 1.54) is 32.1 Å². The second-order valence-corrected chi connectivity index (χ2v) is 5.74. The molecule has 1 atom stereocenters. The van der Waals surface area contributed by atoms with Crippen LogP contribution in [0.3, 0.4) is 0 Å². The average molecular weight is 249 g/mol. The van der Waals surface area contributed by atoms with E-state index in [1.54, 1.807) is 0 Å². The SMILES string of the molecule is CN1CCC(Oc2cnn(C3CCCCC3)c2)C1. The Kier molecular flexibility index (Phi) is 3.55. The Morgan fingerprint density at radius 2 is 2.06 bits per heavy atom. The fourth-order valence-electron chi connectivity index (χ4n) is 3.11. The summed E-state index contributed by atoms with van der Waals surface area (Å²) < 4.78 is 8.11. The summed E-state index contributed by atoms with van der Waals surface area (Å²) in [6.07, 6.45) is 12.1. The maximum Gasteiger partial charge on any atom is 0.157 e. The normalized spacial score (nSPS) is 26.6. The van der Waals surface area contributed by atoms with E-state index in [9.17, 15) is 0 Å². The molecule has 0 aromatic carbocycles. The van der Waals surface area contributed by atoms with Gasteiger partial charge in [-0.05, 0) is 26.3 Å². The predicted molar refractivity (Wildman–Crippen MR) is 70.9 cm³/mol. The van der Waals surface area contributed by atoms with E-state index in [-0.39, 0.29) is 0 Å². The number of hydrogen-bond donors (Lipinski definition) is 0. The highest BCUT2D eigenvalue weighted by Gasteiger charge is 2.22. The van der Waals surface area contributed by atoms with Gasteiger partial charge in [-0.2, -0.15) is 5.10 Å². The molecule has 0 amide bonds. The lowest BCUT2D eigenvalue weighted by Crippen LogP contribution is -2.21. The Labute approximate surface area is 109 Å². The molecule has 3 rings (SSSR count). The highest BCUT2D eigenvalue weighted by molar-refractivity contribution is 5.13. The van der Waals surface area contributed by atoms with Gasteiger partial charge in [-0.25, -0.2) is 0 Å². The largest absolute Gasteiger partial charge is 0.486 e. The van der Waals surface area contributed by atoms with Crippen LogP contribution in [-0.4, -0.2) is 40.9 Å². The fraction of sp³-hybridized carbons (Fsp3) is 0.786. The van der Waals surface area contributed by atoms with Gasteiger partial charge < -0.3 is 9.64 Å². The Balaban J connectivity index is 1.59. The number of likely N-dealkylation sites (tertiary alicyclic amines) is 1. The maximum atomic E-state index is 5.99. The minimum Gasteiger partial charge on any atom is -0.486 e. The minimum absolute atomic E-state index is 0.346. The molecule has 2 aliphatic rings. The molecule has 0 spiro atoms. The number of nitrogens with zero attached hydrogens (tertiary/aromatic N) is 3. The highest BCUT2D eigenvalue weighted by Crippen LogP contribution is 2.29. The predicted octanol–water partition coefficient (Wildman–Crippen LogP) is 2.47. The topological polar surface area (TPSA) is 30.3 Å². The van der Waals surface area contributed by atoms with E-state index in [4.69, 9.17) is 4.74 Å². The lowest BCUT2D eigenvalue weighted by molar-refractivity contribution is 0.207. The van der Waals surface area contributed by atoms with E-state index < -0.39 is 0 Å². The van der Waals surface area contributed by atoms with Crippen LogP contribution in [0.1, 0.15) is 44.6 Å². The average Bonchev–Trinajstić information content (AvgIpc) is 3.01. The van der Waals surface area contributed by atoms with Crippen LogP contribution in [0.2, 0.25) is 0 Å². The van der Waals surface area contributed by atoms with Crippen LogP contribution < -0.4 is 4.74 Å². The third-order valence-corrected chi connectivity index (χ3v) is 4.18. The van der Waals surface area contributed by atoms with Crippen LogP contribution in [0.15, 0.2) is 12.4 Å². The summed E-state index contributed by atoms with van der Waals surface area (Å²) in [5.74, 6) is 0.945. The zero-order chi connectivity index (χ0) is 12.4. The Morgan fingerprint density at radius 3 is 2.78 bits per heavy atom. The van der Waals surface area contributed by atoms with Crippen molar-refractivity contribution < 1.29 is 4.74 Å². The summed E-state index contributed by atoms with van der Waals surface area (Å²) in [4.78, 5) is 2.32. The molecule has 1 aromatic rings. The quantitative estimate of drug-likeness (QED) is 0.824. The van der Waals surface area contributed by atoms with Gasteiger partial charge in [0, 0.05) is 13.1 Å². The molecule has 0 bridgehead atoms. The fourth-order valence-corrected chi connectivity index (χ4v) is 3.11. The van der Waals surface area contributed by atoms with E-state index in [1.807, 2.05) is 6.20 Å². The van der Waals surface area contributed by atoms with Gasteiger partial charge in [-0.3, -0.25) is 4.68 Å². The van der Waals surface area contributed by atoms with Crippen LogP contribution in [0, 0.1) is 0 Å². The monoisotopic (exact) mass is 249 g/mol. The van der Waals surface area contributed by atoms with Gasteiger partial charge in [0.15, 0.2) is 5.75 Å². The van der Waals surface area contributed by atoms with Gasteiger partial charge in [-0.1, -0.05) is 19.3 Å². The van der Waals surface area contributed by atoms with E-state index in [2.05, 4.69) is 27.9 Å². The molecule has 1 aromatic heterocycles. The van der Waals surface area contributed by atoms with Crippen LogP contribution in [0.5, 0.6) is 5.75 Å². The zero-order valence-corrected chi connectivity index (χ0v) is 11.2. The van der Waals surface area contributed by atoms with E-state index in [0.717, 1.165) is 25.3 Å². The Bertz CT molecular complexity index is 384. The first kappa shape index (κ1) is 12.0. The first-order valence-electron chi connectivity index (χ1n) is 7.20. The number of hydrogen-bond acceptors (Lipinski definition) is 3. The highest BCUT2D eigenvalue weighted by atomic mass is 16.5. The molecule has 4 nitrogen and oxygen atoms in total. The van der Waals surface area contributed by atoms with Gasteiger partial charge in [-0.15, -0.1) is 0 Å². The second-order valence-electron chi connectivity index (χ2n) is 5.74. The molecule has 1 saturated carbocycles. The third kappa shape index (κ3) is 2.69. The first-order valence-corrected chi connectivity index (χ1v) is 7.20. The van der Waals surface area contributed by atoms with E-state index >= 15 is 0 Å². The van der Waals surface area contributed by atoms with Crippen molar-refractivity contribution in [2.24, 2.45) is 0 Å². The molecule has 1 unspecified atom stereocenters. The third-order valence-electron chi connectivity index (χ3n) is 4.18. The van der Waals surface area contributed by atoms with Crippen LogP contribution in [0.4, 0.5) is 0 Å². The summed E-state index contributed by atoms with van der Waals surface area (Å²) in [7, 11) is 2.15. The van der Waals surface area contributed by atoms with Gasteiger partial charge >= 0.3 is 0 Å². The summed E-state index contributed by atoms with van der Waals surface area (Å²) in [5, 5.41) is 4.48. The molecular weight excluding hydrogens is 226 g/mol. The summed E-state index contributed by atoms with van der Waals surface area (Å²) in [6, 6.07) is 0.599. The summed E-state index contributed by atoms with van der Waals surface area (Å²) >= 11 is 0. The minimum atomic E-state index is 0.346. The Morgan fingerprint density at radius 1 is 1.22 bits per heavy atom. The van der Waals surface area contributed by atoms with Crippen LogP contribution >= 0.6 is 0 Å². The molecule has 2 heterocycles. The molecule has 1 aliphatic carbocycles. The number of likely N-dealkylation sites (N-methyl/N-ethyl adjacent to an activating group) is 1. The van der Waals surface area contributed by atoms with Crippen molar-refractivity contribution in [3.05, 3.63) is 12.4 Å².